The van der Waals surface area contributed by atoms with Crippen LogP contribution in [0.15, 0.2) is 46.9 Å². The first-order chi connectivity index (χ1) is 11.6. The van der Waals surface area contributed by atoms with Crippen LogP contribution in [0.5, 0.6) is 0 Å². The third-order valence-corrected chi connectivity index (χ3v) is 3.85. The van der Waals surface area contributed by atoms with Gasteiger partial charge < -0.3 is 9.73 Å². The molecule has 3 rings (SSSR count). The van der Waals surface area contributed by atoms with Gasteiger partial charge in [-0.25, -0.2) is 18.6 Å². The topological polar surface area (TPSA) is 142 Å². The molecule has 0 radical (unpaired) electrons. The van der Waals surface area contributed by atoms with E-state index in [1.165, 1.54) is 5.56 Å². The van der Waals surface area contributed by atoms with E-state index in [0.717, 1.165) is 17.9 Å². The number of benzene rings is 1. The lowest BCUT2D eigenvalue weighted by Crippen LogP contribution is -2.89. The maximum absolute atomic E-state index is 12.4. The maximum Gasteiger partial charge on any atom is 0.285 e. The lowest BCUT2D eigenvalue weighted by Gasteiger charge is -2.17. The van der Waals surface area contributed by atoms with E-state index in [4.69, 9.17) is 23.1 Å². The zero-order chi connectivity index (χ0) is 18.6. The summed E-state index contributed by atoms with van der Waals surface area (Å²) in [7, 11) is -3.10. The van der Waals surface area contributed by atoms with Crippen LogP contribution in [0.25, 0.3) is 0 Å². The Morgan fingerprint density at radius 1 is 1.12 bits per heavy atom. The van der Waals surface area contributed by atoms with Gasteiger partial charge in [-0.2, -0.15) is 0 Å². The summed E-state index contributed by atoms with van der Waals surface area (Å²) in [6, 6.07) is 13.9. The van der Waals surface area contributed by atoms with Crippen molar-refractivity contribution in [3.05, 3.63) is 59.5 Å². The van der Waals surface area contributed by atoms with Crippen LogP contribution in [0.2, 0.25) is 0 Å². The normalized spacial score (nSPS) is 20.4. The third-order valence-electron chi connectivity index (χ3n) is 3.85. The second-order valence-electron chi connectivity index (χ2n) is 5.71. The van der Waals surface area contributed by atoms with Gasteiger partial charge in [0, 0.05) is 13.5 Å². The molecule has 1 aromatic carbocycles. The number of aryl methyl sites for hydroxylation is 1. The number of nitrogens with zero attached hydrogens (tertiary/aromatic N) is 1. The summed E-state index contributed by atoms with van der Waals surface area (Å²) in [4.78, 5) is 14.1. The van der Waals surface area contributed by atoms with E-state index in [0.29, 0.717) is 0 Å². The number of nitrogens with two attached hydrogens (primary N) is 1. The molecule has 2 heterocycles. The molecule has 0 spiro atoms. The van der Waals surface area contributed by atoms with Crippen molar-refractivity contribution in [1.82, 2.24) is 4.90 Å². The highest BCUT2D eigenvalue weighted by atomic mass is 35.7. The van der Waals surface area contributed by atoms with Crippen molar-refractivity contribution >= 4 is 5.91 Å². The molecule has 2 aromatic rings. The van der Waals surface area contributed by atoms with Gasteiger partial charge in [-0.1, -0.05) is 30.3 Å². The first-order valence-electron chi connectivity index (χ1n) is 7.49. The van der Waals surface area contributed by atoms with Gasteiger partial charge in [0.05, 0.1) is 0 Å². The van der Waals surface area contributed by atoms with Gasteiger partial charge in [0.1, 0.15) is 5.76 Å². The van der Waals surface area contributed by atoms with E-state index in [1.54, 1.807) is 4.90 Å². The van der Waals surface area contributed by atoms with Crippen molar-refractivity contribution in [2.24, 2.45) is 0 Å². The third kappa shape index (κ3) is 5.82. The molecule has 8 nitrogen and oxygen atoms in total. The Balaban J connectivity index is 0.000000399. The number of amides is 1. The molecule has 9 heteroatoms. The van der Waals surface area contributed by atoms with E-state index < -0.39 is 10.2 Å². The molecular formula is C16H19ClN2O6. The molecule has 1 amide bonds. The first kappa shape index (κ1) is 19.4. The summed E-state index contributed by atoms with van der Waals surface area (Å²) >= 11 is 0. The van der Waals surface area contributed by atoms with Crippen LogP contribution < -0.4 is 24.0 Å². The Kier molecular flexibility index (Phi) is 6.17. The smallest absolute Gasteiger partial charge is 0.285 e. The van der Waals surface area contributed by atoms with Gasteiger partial charge in [0.2, 0.25) is 6.17 Å². The fourth-order valence-electron chi connectivity index (χ4n) is 2.75. The molecule has 0 unspecified atom stereocenters. The highest BCUT2D eigenvalue weighted by molar-refractivity contribution is 5.82. The van der Waals surface area contributed by atoms with Crippen LogP contribution in [0.3, 0.4) is 0 Å². The fourth-order valence-corrected chi connectivity index (χ4v) is 2.75. The first-order valence-corrected chi connectivity index (χ1v) is 8.72. The van der Waals surface area contributed by atoms with E-state index in [-0.39, 0.29) is 18.1 Å². The van der Waals surface area contributed by atoms with Gasteiger partial charge in [-0.05, 0) is 24.6 Å². The Morgan fingerprint density at radius 2 is 1.72 bits per heavy atom. The highest BCUT2D eigenvalue weighted by Gasteiger charge is 2.43. The minimum atomic E-state index is -4.94. The number of halogens is 1. The van der Waals surface area contributed by atoms with Crippen LogP contribution in [-0.4, -0.2) is 23.9 Å². The lowest BCUT2D eigenvalue weighted by atomic mass is 10.1. The molecule has 25 heavy (non-hydrogen) atoms. The van der Waals surface area contributed by atoms with E-state index >= 15 is 0 Å². The molecule has 0 saturated carbocycles. The lowest BCUT2D eigenvalue weighted by molar-refractivity contribution is -2.00. The molecule has 1 aliphatic heterocycles. The van der Waals surface area contributed by atoms with E-state index in [1.807, 2.05) is 44.3 Å². The van der Waals surface area contributed by atoms with Crippen molar-refractivity contribution in [2.45, 2.75) is 25.6 Å². The molecule has 1 fully saturated rings. The highest BCUT2D eigenvalue weighted by Crippen LogP contribution is 2.20. The second kappa shape index (κ2) is 7.96. The minimum Gasteiger partial charge on any atom is -0.458 e. The predicted molar refractivity (Wildman–Crippen MR) is 74.8 cm³/mol. The zero-order valence-corrected chi connectivity index (χ0v) is 14.5. The zero-order valence-electron chi connectivity index (χ0n) is 13.8. The Hall–Kier alpha value is -1.94. The van der Waals surface area contributed by atoms with Gasteiger partial charge in [-0.15, -0.1) is 10.2 Å². The van der Waals surface area contributed by atoms with Gasteiger partial charge in [0.15, 0.2) is 11.8 Å². The number of rotatable bonds is 3. The molecule has 1 aliphatic rings. The largest absolute Gasteiger partial charge is 0.458 e. The van der Waals surface area contributed by atoms with Crippen molar-refractivity contribution in [1.29, 1.82) is 0 Å². The molecule has 1 aromatic heterocycles. The summed E-state index contributed by atoms with van der Waals surface area (Å²) in [6.45, 7) is 1.92. The summed E-state index contributed by atoms with van der Waals surface area (Å²) in [5.74, 6) is 1.88. The van der Waals surface area contributed by atoms with Crippen molar-refractivity contribution in [3.63, 3.8) is 0 Å². The summed E-state index contributed by atoms with van der Waals surface area (Å²) in [5, 5.41) is 2.09. The summed E-state index contributed by atoms with van der Waals surface area (Å²) in [5.41, 5.74) is 1.19. The Morgan fingerprint density at radius 3 is 2.24 bits per heavy atom. The average molecular weight is 371 g/mol. The second-order valence-corrected chi connectivity index (χ2v) is 6.46. The van der Waals surface area contributed by atoms with Crippen molar-refractivity contribution < 1.29 is 43.4 Å². The SMILES string of the molecule is Cc1ccc([C@H]2[NH2+][C@@H](Cc3ccccc3)C(=O)N2C)o1.[O-][Cl+3]([O-])([O-])[O-]. The maximum atomic E-state index is 12.4. The van der Waals surface area contributed by atoms with Crippen LogP contribution in [0.1, 0.15) is 23.2 Å². The van der Waals surface area contributed by atoms with Gasteiger partial charge in [0.25, 0.3) is 5.91 Å². The van der Waals surface area contributed by atoms with Crippen LogP contribution in [-0.2, 0) is 11.2 Å². The molecule has 136 valence electrons. The molecule has 2 atom stereocenters. The molecule has 0 aliphatic carbocycles. The fraction of sp³-hybridized carbons (Fsp3) is 0.312. The summed E-state index contributed by atoms with van der Waals surface area (Å²) < 4.78 is 39.6. The quantitative estimate of drug-likeness (QED) is 0.593. The van der Waals surface area contributed by atoms with Crippen molar-refractivity contribution in [2.75, 3.05) is 7.05 Å². The Labute approximate surface area is 147 Å². The number of carbonyl (C=O) groups excluding carboxylic acids is 1. The average Bonchev–Trinajstić information content (AvgIpc) is 3.06. The van der Waals surface area contributed by atoms with Crippen LogP contribution >= 0.6 is 0 Å². The van der Waals surface area contributed by atoms with Crippen LogP contribution in [0.4, 0.5) is 0 Å². The van der Waals surface area contributed by atoms with Gasteiger partial charge >= 0.3 is 0 Å². The number of likely N-dealkylation sites (N-methyl/N-ethyl adjacent to an activating group) is 1. The predicted octanol–water partition coefficient (Wildman–Crippen LogP) is -3.52. The number of hydrogen-bond donors (Lipinski definition) is 1. The molecule has 2 N–H and O–H groups in total. The van der Waals surface area contributed by atoms with E-state index in [9.17, 15) is 4.79 Å². The van der Waals surface area contributed by atoms with Crippen LogP contribution in [0, 0.1) is 17.2 Å². The molecular weight excluding hydrogens is 352 g/mol. The molecule has 0 bridgehead atoms. The number of quaternary nitrogens is 1. The van der Waals surface area contributed by atoms with E-state index in [2.05, 4.69) is 17.4 Å². The summed E-state index contributed by atoms with van der Waals surface area (Å²) in [6.07, 6.45) is 0.699. The number of furan rings is 1. The van der Waals surface area contributed by atoms with Gasteiger partial charge in [-0.3, -0.25) is 9.69 Å². The van der Waals surface area contributed by atoms with Crippen molar-refractivity contribution in [3.8, 4) is 0 Å². The standard InChI is InChI=1S/C16H18N2O2.ClHO4/c1-11-8-9-14(20-11)15-17-13(16(19)18(15)2)10-12-6-4-3-5-7-12;2-1(3,4)5/h3-9,13,15,17H,10H2,1-2H3;(H,2,3,4,5)/t13-,15-;/m0./s1. The monoisotopic (exact) mass is 370 g/mol. The molecule has 1 saturated heterocycles. The Bertz CT molecular complexity index is 694. The number of carbonyl (C=O) groups is 1. The number of hydrogen-bond acceptors (Lipinski definition) is 6. The minimum absolute atomic E-state index is 0.0510.